The van der Waals surface area contributed by atoms with Crippen molar-refractivity contribution in [3.8, 4) is 0 Å². The molecule has 5 nitrogen and oxygen atoms in total. The summed E-state index contributed by atoms with van der Waals surface area (Å²) in [6, 6.07) is 0. The molecular weight excluding hydrogens is 150 g/mol. The van der Waals surface area contributed by atoms with E-state index in [9.17, 15) is 0 Å². The maximum Gasteiger partial charge on any atom is 0.188 e. The lowest BCUT2D eigenvalue weighted by atomic mass is 10.6. The zero-order valence-corrected chi connectivity index (χ0v) is 6.47. The number of hydrogen-bond acceptors (Lipinski definition) is 5. The van der Waals surface area contributed by atoms with E-state index in [4.69, 9.17) is 0 Å². The van der Waals surface area contributed by atoms with Crippen LogP contribution in [0.25, 0.3) is 0 Å². The van der Waals surface area contributed by atoms with Crippen LogP contribution in [0.1, 0.15) is 12.7 Å². The van der Waals surface area contributed by atoms with Crippen LogP contribution in [0.3, 0.4) is 0 Å². The number of aromatic amines is 1. The fourth-order valence-electron chi connectivity index (χ4n) is 0.496. The lowest BCUT2D eigenvalue weighted by Gasteiger charge is -2.02. The first-order chi connectivity index (χ1) is 4.79. The molecule has 0 radical (unpaired) electrons. The van der Waals surface area contributed by atoms with Gasteiger partial charge in [-0.15, -0.1) is 10.2 Å². The summed E-state index contributed by atoms with van der Waals surface area (Å²) < 4.78 is 0. The molecule has 0 aliphatic rings. The van der Waals surface area contributed by atoms with Gasteiger partial charge in [-0.05, 0) is 6.92 Å². The Morgan fingerprint density at radius 3 is 3.10 bits per heavy atom. The summed E-state index contributed by atoms with van der Waals surface area (Å²) in [6.07, 6.45) is 0. The number of tetrazole rings is 1. The molecule has 1 rings (SSSR count). The van der Waals surface area contributed by atoms with Gasteiger partial charge in [0.05, 0.1) is 6.54 Å². The second kappa shape index (κ2) is 3.52. The van der Waals surface area contributed by atoms with Gasteiger partial charge in [0.2, 0.25) is 0 Å². The van der Waals surface area contributed by atoms with Gasteiger partial charge in [-0.3, -0.25) is 5.32 Å². The zero-order chi connectivity index (χ0) is 7.40. The Bertz CT molecular complexity index is 172. The van der Waals surface area contributed by atoms with Crippen molar-refractivity contribution in [2.75, 3.05) is 0 Å². The highest BCUT2D eigenvalue weighted by Crippen LogP contribution is 1.88. The molecule has 0 saturated heterocycles. The lowest BCUT2D eigenvalue weighted by molar-refractivity contribution is 0.662. The molecule has 0 aliphatic heterocycles. The maximum absolute atomic E-state index is 4.11. The van der Waals surface area contributed by atoms with E-state index in [1.54, 1.807) is 0 Å². The molecule has 10 heavy (non-hydrogen) atoms. The van der Waals surface area contributed by atoms with Crippen molar-refractivity contribution in [2.45, 2.75) is 18.8 Å². The predicted octanol–water partition coefficient (Wildman–Crippen LogP) is -0.435. The average Bonchev–Trinajstić information content (AvgIpc) is 2.34. The summed E-state index contributed by atoms with van der Waals surface area (Å²) in [5, 5.41) is 16.4. The van der Waals surface area contributed by atoms with E-state index in [-0.39, 0.29) is 5.37 Å². The van der Waals surface area contributed by atoms with E-state index in [1.807, 2.05) is 6.92 Å². The number of aromatic nitrogens is 4. The molecule has 0 amide bonds. The summed E-state index contributed by atoms with van der Waals surface area (Å²) in [5.41, 5.74) is 0. The van der Waals surface area contributed by atoms with E-state index in [2.05, 4.69) is 38.6 Å². The molecule has 6 heteroatoms. The van der Waals surface area contributed by atoms with Crippen molar-refractivity contribution < 1.29 is 0 Å². The molecule has 2 N–H and O–H groups in total. The van der Waals surface area contributed by atoms with Crippen LogP contribution >= 0.6 is 12.6 Å². The maximum atomic E-state index is 4.11. The lowest BCUT2D eigenvalue weighted by Crippen LogP contribution is -2.20. The number of hydrogen-bond donors (Lipinski definition) is 3. The van der Waals surface area contributed by atoms with Gasteiger partial charge in [-0.25, -0.2) is 0 Å². The molecule has 0 fully saturated rings. The number of nitrogens with one attached hydrogen (secondary N) is 2. The molecule has 0 bridgehead atoms. The van der Waals surface area contributed by atoms with Crippen molar-refractivity contribution in [2.24, 2.45) is 0 Å². The van der Waals surface area contributed by atoms with Crippen molar-refractivity contribution in [3.05, 3.63) is 5.82 Å². The molecule has 1 heterocycles. The van der Waals surface area contributed by atoms with Gasteiger partial charge in [0.15, 0.2) is 5.82 Å². The van der Waals surface area contributed by atoms with Crippen LogP contribution in [0.15, 0.2) is 0 Å². The smallest absolute Gasteiger partial charge is 0.188 e. The molecule has 0 aliphatic carbocycles. The summed E-state index contributed by atoms with van der Waals surface area (Å²) in [6.45, 7) is 2.53. The van der Waals surface area contributed by atoms with Crippen LogP contribution in [-0.4, -0.2) is 26.0 Å². The van der Waals surface area contributed by atoms with Crippen molar-refractivity contribution in [1.82, 2.24) is 25.9 Å². The first-order valence-electron chi connectivity index (χ1n) is 2.93. The fourth-order valence-corrected chi connectivity index (χ4v) is 0.588. The summed E-state index contributed by atoms with van der Waals surface area (Å²) in [5.74, 6) is 0.654. The Morgan fingerprint density at radius 1 is 1.80 bits per heavy atom. The van der Waals surface area contributed by atoms with Gasteiger partial charge in [0.25, 0.3) is 0 Å². The standard InChI is InChI=1S/C4H9N5S/c1-3(10)5-2-4-6-8-9-7-4/h3,5,10H,2H2,1H3,(H,6,7,8,9). The van der Waals surface area contributed by atoms with Crippen LogP contribution < -0.4 is 5.32 Å². The minimum absolute atomic E-state index is 0.151. The Balaban J connectivity index is 2.28. The van der Waals surface area contributed by atoms with E-state index >= 15 is 0 Å². The van der Waals surface area contributed by atoms with Crippen LogP contribution in [0, 0.1) is 0 Å². The highest BCUT2D eigenvalue weighted by atomic mass is 32.1. The number of H-pyrrole nitrogens is 1. The topological polar surface area (TPSA) is 66.5 Å². The minimum Gasteiger partial charge on any atom is -0.298 e. The molecule has 1 atom stereocenters. The third kappa shape index (κ3) is 2.32. The first kappa shape index (κ1) is 7.49. The molecule has 1 unspecified atom stereocenters. The van der Waals surface area contributed by atoms with Crippen molar-refractivity contribution in [3.63, 3.8) is 0 Å². The predicted molar refractivity (Wildman–Crippen MR) is 39.5 cm³/mol. The Hall–Kier alpha value is -0.620. The second-order valence-corrected chi connectivity index (χ2v) is 2.66. The Kier molecular flexibility index (Phi) is 2.64. The highest BCUT2D eigenvalue weighted by molar-refractivity contribution is 7.80. The largest absolute Gasteiger partial charge is 0.298 e. The third-order valence-electron chi connectivity index (χ3n) is 0.945. The van der Waals surface area contributed by atoms with E-state index in [0.29, 0.717) is 12.4 Å². The van der Waals surface area contributed by atoms with Gasteiger partial charge in [-0.2, -0.15) is 17.8 Å². The van der Waals surface area contributed by atoms with Crippen molar-refractivity contribution in [1.29, 1.82) is 0 Å². The molecule has 0 spiro atoms. The van der Waals surface area contributed by atoms with Crippen LogP contribution in [-0.2, 0) is 6.54 Å². The fraction of sp³-hybridized carbons (Fsp3) is 0.750. The minimum atomic E-state index is 0.151. The third-order valence-corrected chi connectivity index (χ3v) is 1.13. The van der Waals surface area contributed by atoms with Crippen LogP contribution in [0.2, 0.25) is 0 Å². The molecular formula is C4H9N5S. The number of thiol groups is 1. The molecule has 1 aromatic heterocycles. The molecule has 1 aromatic rings. The summed E-state index contributed by atoms with van der Waals surface area (Å²) >= 11 is 4.11. The molecule has 0 saturated carbocycles. The Morgan fingerprint density at radius 2 is 2.60 bits per heavy atom. The van der Waals surface area contributed by atoms with Gasteiger partial charge < -0.3 is 0 Å². The van der Waals surface area contributed by atoms with Crippen LogP contribution in [0.4, 0.5) is 0 Å². The average molecular weight is 159 g/mol. The van der Waals surface area contributed by atoms with Crippen LogP contribution in [0.5, 0.6) is 0 Å². The van der Waals surface area contributed by atoms with Gasteiger partial charge in [-0.1, -0.05) is 5.21 Å². The summed E-state index contributed by atoms with van der Waals surface area (Å²) in [7, 11) is 0. The van der Waals surface area contributed by atoms with E-state index in [0.717, 1.165) is 0 Å². The van der Waals surface area contributed by atoms with Gasteiger partial charge in [0.1, 0.15) is 0 Å². The van der Waals surface area contributed by atoms with Crippen molar-refractivity contribution >= 4 is 12.6 Å². The SMILES string of the molecule is CC(S)NCc1nn[nH]n1. The summed E-state index contributed by atoms with van der Waals surface area (Å²) in [4.78, 5) is 0. The normalized spacial score (nSPS) is 13.4. The van der Waals surface area contributed by atoms with E-state index < -0.39 is 0 Å². The van der Waals surface area contributed by atoms with Gasteiger partial charge in [0, 0.05) is 5.37 Å². The number of nitrogens with zero attached hydrogens (tertiary/aromatic N) is 3. The Labute approximate surface area is 64.0 Å². The first-order valence-corrected chi connectivity index (χ1v) is 3.44. The molecule has 56 valence electrons. The van der Waals surface area contributed by atoms with E-state index in [1.165, 1.54) is 0 Å². The quantitative estimate of drug-likeness (QED) is 0.413. The van der Waals surface area contributed by atoms with Gasteiger partial charge >= 0.3 is 0 Å². The number of rotatable bonds is 3. The monoisotopic (exact) mass is 159 g/mol. The highest BCUT2D eigenvalue weighted by Gasteiger charge is 1.97. The second-order valence-electron chi connectivity index (χ2n) is 1.88. The molecule has 0 aromatic carbocycles. The zero-order valence-electron chi connectivity index (χ0n) is 5.57.